The highest BCUT2D eigenvalue weighted by molar-refractivity contribution is 5.82. The number of benzene rings is 4. The van der Waals surface area contributed by atoms with Crippen LogP contribution in [0.4, 0.5) is 79.0 Å². The maximum atomic E-state index is 12.6. The summed E-state index contributed by atoms with van der Waals surface area (Å²) in [6.07, 6.45) is -24.1. The number of aryl methyl sites for hydroxylation is 4. The van der Waals surface area contributed by atoms with E-state index in [-0.39, 0.29) is 31.7 Å². The van der Waals surface area contributed by atoms with Gasteiger partial charge in [-0.05, 0) is 133 Å². The molecular weight excluding hydrogens is 1030 g/mol. The fourth-order valence-electron chi connectivity index (χ4n) is 6.26. The standard InChI is InChI=1S/C14H15F6NO.C13H13F6NO.C12H16F3N.C11H14F3N/c1-9(21(2)12(22)14(18,19)20)6-7-10-4-3-5-11(8-10)13(15,16)17;1-8(20-11(21)13(17,18)19)5-6-9-3-2-4-10(7-9)12(14,15)16;1-9(16-2)6-7-10-4-3-5-11(8-10)12(13,14)15;1-8(15)5-6-9-3-2-4-10(7-9)11(12,13)14/h3-5,8-9H,6-7H2,1-2H3;2-4,7-8H,5-6H2,1H3,(H,20,21);3-5,8-9,16H,6-7H2,1-2H3;2-4,7-8H,5-6,15H2,1H3. The van der Waals surface area contributed by atoms with Crippen molar-refractivity contribution in [1.82, 2.24) is 15.5 Å². The normalized spacial score (nSPS) is 13.9. The van der Waals surface area contributed by atoms with Crippen molar-refractivity contribution < 1.29 is 88.6 Å². The number of rotatable bonds is 15. The summed E-state index contributed by atoms with van der Waals surface area (Å²) >= 11 is 0. The predicted octanol–water partition coefficient (Wildman–Crippen LogP) is 14.0. The van der Waals surface area contributed by atoms with E-state index >= 15 is 0 Å². The Bertz CT molecular complexity index is 2300. The van der Waals surface area contributed by atoms with Gasteiger partial charge in [0.05, 0.1) is 22.3 Å². The van der Waals surface area contributed by atoms with E-state index < -0.39 is 83.2 Å². The van der Waals surface area contributed by atoms with E-state index in [9.17, 15) is 88.6 Å². The number of amides is 2. The first-order valence-electron chi connectivity index (χ1n) is 22.5. The van der Waals surface area contributed by atoms with E-state index in [0.717, 1.165) is 55.4 Å². The number of nitrogens with zero attached hydrogens (tertiary/aromatic N) is 1. The molecule has 0 bridgehead atoms. The van der Waals surface area contributed by atoms with E-state index in [0.29, 0.717) is 46.9 Å². The van der Waals surface area contributed by atoms with E-state index in [4.69, 9.17) is 5.73 Å². The molecule has 416 valence electrons. The molecule has 4 aromatic carbocycles. The summed E-state index contributed by atoms with van der Waals surface area (Å²) < 4.78 is 222. The Morgan fingerprint density at radius 2 is 0.770 bits per heavy atom. The first-order valence-corrected chi connectivity index (χ1v) is 22.5. The Morgan fingerprint density at radius 3 is 1.04 bits per heavy atom. The van der Waals surface area contributed by atoms with Crippen molar-refractivity contribution in [2.45, 2.75) is 140 Å². The minimum Gasteiger partial charge on any atom is -0.346 e. The van der Waals surface area contributed by atoms with E-state index in [1.54, 1.807) is 17.4 Å². The summed E-state index contributed by atoms with van der Waals surface area (Å²) in [5.74, 6) is -4.02. The number of hydrogen-bond donors (Lipinski definition) is 3. The first kappa shape index (κ1) is 66.5. The maximum Gasteiger partial charge on any atom is 0.471 e. The zero-order chi connectivity index (χ0) is 57.0. The number of carbonyl (C=O) groups excluding carboxylic acids is 2. The van der Waals surface area contributed by atoms with Crippen LogP contribution in [0.25, 0.3) is 0 Å². The van der Waals surface area contributed by atoms with E-state index in [2.05, 4.69) is 5.32 Å². The van der Waals surface area contributed by atoms with Gasteiger partial charge in [-0.15, -0.1) is 0 Å². The van der Waals surface area contributed by atoms with Gasteiger partial charge in [-0.2, -0.15) is 79.0 Å². The summed E-state index contributed by atoms with van der Waals surface area (Å²) in [5.41, 5.74) is 4.88. The lowest BCUT2D eigenvalue weighted by Gasteiger charge is -2.25. The van der Waals surface area contributed by atoms with Crippen LogP contribution in [0.5, 0.6) is 0 Å². The van der Waals surface area contributed by atoms with Gasteiger partial charge in [0.25, 0.3) is 0 Å². The second-order valence-electron chi connectivity index (χ2n) is 17.2. The van der Waals surface area contributed by atoms with Gasteiger partial charge >= 0.3 is 48.9 Å². The van der Waals surface area contributed by atoms with Crippen LogP contribution >= 0.6 is 0 Å². The highest BCUT2D eigenvalue weighted by atomic mass is 19.4. The Balaban J connectivity index is 0.000000499. The Hall–Kier alpha value is -5.52. The van der Waals surface area contributed by atoms with Gasteiger partial charge < -0.3 is 21.3 Å². The minimum atomic E-state index is -4.97. The molecule has 0 radical (unpaired) electrons. The van der Waals surface area contributed by atoms with Crippen LogP contribution in [0.15, 0.2) is 97.1 Å². The lowest BCUT2D eigenvalue weighted by Crippen LogP contribution is -2.43. The van der Waals surface area contributed by atoms with E-state index in [1.807, 2.05) is 20.9 Å². The van der Waals surface area contributed by atoms with Gasteiger partial charge in [0.2, 0.25) is 0 Å². The molecule has 0 saturated heterocycles. The second-order valence-corrected chi connectivity index (χ2v) is 17.2. The molecule has 0 aromatic heterocycles. The molecule has 4 rings (SSSR count). The predicted molar refractivity (Wildman–Crippen MR) is 243 cm³/mol. The molecule has 4 atom stereocenters. The first-order chi connectivity index (χ1) is 33.7. The van der Waals surface area contributed by atoms with Gasteiger partial charge in [0.15, 0.2) is 0 Å². The molecule has 24 heteroatoms. The third-order valence-corrected chi connectivity index (χ3v) is 10.8. The molecule has 4 aromatic rings. The van der Waals surface area contributed by atoms with Crippen molar-refractivity contribution in [3.05, 3.63) is 142 Å². The summed E-state index contributed by atoms with van der Waals surface area (Å²) in [4.78, 5) is 22.3. The number of halogens is 18. The number of carbonyl (C=O) groups is 2. The van der Waals surface area contributed by atoms with Gasteiger partial charge in [0.1, 0.15) is 0 Å². The van der Waals surface area contributed by atoms with Crippen molar-refractivity contribution >= 4 is 11.8 Å². The lowest BCUT2D eigenvalue weighted by molar-refractivity contribution is -0.186. The highest BCUT2D eigenvalue weighted by Gasteiger charge is 2.42. The van der Waals surface area contributed by atoms with Gasteiger partial charge in [-0.25, -0.2) is 0 Å². The molecule has 6 nitrogen and oxygen atoms in total. The van der Waals surface area contributed by atoms with Crippen LogP contribution in [0, 0.1) is 0 Å². The molecule has 0 aliphatic heterocycles. The third-order valence-electron chi connectivity index (χ3n) is 10.8. The summed E-state index contributed by atoms with van der Waals surface area (Å²) in [5, 5.41) is 4.81. The largest absolute Gasteiger partial charge is 0.471 e. The van der Waals surface area contributed by atoms with Crippen molar-refractivity contribution in [3.8, 4) is 0 Å². The average molecular weight is 1090 g/mol. The number of nitrogens with one attached hydrogen (secondary N) is 2. The maximum absolute atomic E-state index is 12.6. The number of nitrogens with two attached hydrogens (primary N) is 1. The van der Waals surface area contributed by atoms with E-state index in [1.165, 1.54) is 62.4 Å². The van der Waals surface area contributed by atoms with Gasteiger partial charge in [-0.3, -0.25) is 9.59 Å². The summed E-state index contributed by atoms with van der Waals surface area (Å²) in [6.45, 7) is 6.62. The van der Waals surface area contributed by atoms with Crippen LogP contribution in [0.2, 0.25) is 0 Å². The van der Waals surface area contributed by atoms with Crippen LogP contribution < -0.4 is 16.4 Å². The minimum absolute atomic E-state index is 0.0135. The average Bonchev–Trinajstić information content (AvgIpc) is 3.30. The molecule has 0 spiro atoms. The molecular formula is C50H58F18N4O2. The van der Waals surface area contributed by atoms with Crippen molar-refractivity contribution in [3.63, 3.8) is 0 Å². The molecule has 4 unspecified atom stereocenters. The fourth-order valence-corrected chi connectivity index (χ4v) is 6.26. The molecule has 0 aliphatic carbocycles. The molecule has 2 amide bonds. The topological polar surface area (TPSA) is 87.5 Å². The SMILES string of the molecule is CC(CCc1cccc(C(F)(F)F)c1)N(C)C(=O)C(F)(F)F.CC(CCc1cccc(C(F)(F)F)c1)NC(=O)C(F)(F)F.CC(N)CCc1cccc(C(F)(F)F)c1.CNC(C)CCc1cccc(C(F)(F)F)c1. The van der Waals surface area contributed by atoms with Crippen molar-refractivity contribution in [1.29, 1.82) is 0 Å². The monoisotopic (exact) mass is 1090 g/mol. The Kier molecular flexibility index (Phi) is 26.0. The van der Waals surface area contributed by atoms with Crippen molar-refractivity contribution in [2.75, 3.05) is 14.1 Å². The van der Waals surface area contributed by atoms with Crippen LogP contribution in [-0.2, 0) is 60.0 Å². The molecule has 0 fully saturated rings. The number of alkyl halides is 18. The van der Waals surface area contributed by atoms with Crippen molar-refractivity contribution in [2.24, 2.45) is 5.73 Å². The smallest absolute Gasteiger partial charge is 0.346 e. The lowest BCUT2D eigenvalue weighted by atomic mass is 10.0. The summed E-state index contributed by atoms with van der Waals surface area (Å²) in [7, 11) is 2.86. The summed E-state index contributed by atoms with van der Waals surface area (Å²) in [6, 6.07) is 18.8. The molecule has 0 aliphatic rings. The van der Waals surface area contributed by atoms with Gasteiger partial charge in [-0.1, -0.05) is 72.8 Å². The van der Waals surface area contributed by atoms with Gasteiger partial charge in [0, 0.05) is 31.2 Å². The van der Waals surface area contributed by atoms with Crippen LogP contribution in [-0.4, -0.2) is 67.3 Å². The molecule has 4 N–H and O–H groups in total. The quantitative estimate of drug-likeness (QED) is 0.104. The Labute approximate surface area is 417 Å². The molecule has 0 saturated carbocycles. The highest BCUT2D eigenvalue weighted by Crippen LogP contribution is 2.33. The molecule has 0 heterocycles. The number of hydrogen-bond acceptors (Lipinski definition) is 4. The molecule has 74 heavy (non-hydrogen) atoms. The third kappa shape index (κ3) is 26.1. The second kappa shape index (κ2) is 29.0. The van der Waals surface area contributed by atoms with Crippen LogP contribution in [0.3, 0.4) is 0 Å². The zero-order valence-corrected chi connectivity index (χ0v) is 40.8. The Morgan fingerprint density at radius 1 is 0.473 bits per heavy atom. The fraction of sp³-hybridized carbons (Fsp3) is 0.480. The zero-order valence-electron chi connectivity index (χ0n) is 40.8. The van der Waals surface area contributed by atoms with Crippen LogP contribution in [0.1, 0.15) is 97.9 Å².